The fourth-order valence-corrected chi connectivity index (χ4v) is 3.58. The predicted molar refractivity (Wildman–Crippen MR) is 104 cm³/mol. The Bertz CT molecular complexity index is 1210. The Kier molecular flexibility index (Phi) is 3.87. The minimum Gasteiger partial charge on any atom is -0.489 e. The lowest BCUT2D eigenvalue weighted by atomic mass is 10.1. The number of para-hydroxylation sites is 1. The lowest BCUT2D eigenvalue weighted by Crippen LogP contribution is -2.14. The maximum absolute atomic E-state index is 11.2. The molecule has 2 heterocycles. The van der Waals surface area contributed by atoms with Gasteiger partial charge in [-0.1, -0.05) is 18.2 Å². The van der Waals surface area contributed by atoms with E-state index < -0.39 is 4.92 Å². The maximum atomic E-state index is 11.2. The van der Waals surface area contributed by atoms with Gasteiger partial charge < -0.3 is 19.2 Å². The highest BCUT2D eigenvalue weighted by molar-refractivity contribution is 6.07. The van der Waals surface area contributed by atoms with Gasteiger partial charge in [-0.3, -0.25) is 10.1 Å². The van der Waals surface area contributed by atoms with E-state index >= 15 is 0 Å². The molecule has 5 rings (SSSR count). The van der Waals surface area contributed by atoms with Crippen LogP contribution in [-0.2, 0) is 18.0 Å². The van der Waals surface area contributed by atoms with E-state index in [0.717, 1.165) is 21.8 Å². The number of rotatable bonds is 4. The van der Waals surface area contributed by atoms with Gasteiger partial charge in [0, 0.05) is 45.6 Å². The minimum atomic E-state index is -0.422. The highest BCUT2D eigenvalue weighted by Crippen LogP contribution is 2.34. The Balaban J connectivity index is 1.46. The SMILES string of the molecule is O=[N+]([O-])c1cc2c(c(COc3ccc4c(c3)[nH]c3ccccc34)c1)OCOC2. The van der Waals surface area contributed by atoms with E-state index in [1.807, 2.05) is 36.4 Å². The van der Waals surface area contributed by atoms with Crippen LogP contribution in [0.15, 0.2) is 54.6 Å². The first-order valence-corrected chi connectivity index (χ1v) is 8.83. The van der Waals surface area contributed by atoms with E-state index in [9.17, 15) is 10.1 Å². The van der Waals surface area contributed by atoms with Gasteiger partial charge >= 0.3 is 0 Å². The Hall–Kier alpha value is -3.58. The van der Waals surface area contributed by atoms with Crippen molar-refractivity contribution < 1.29 is 19.1 Å². The smallest absolute Gasteiger partial charge is 0.270 e. The van der Waals surface area contributed by atoms with E-state index in [-0.39, 0.29) is 25.7 Å². The van der Waals surface area contributed by atoms with Gasteiger partial charge in [0.1, 0.15) is 18.1 Å². The minimum absolute atomic E-state index is 0.00230. The average Bonchev–Trinajstić information content (AvgIpc) is 3.09. The summed E-state index contributed by atoms with van der Waals surface area (Å²) in [6, 6.07) is 16.9. The number of aromatic amines is 1. The Morgan fingerprint density at radius 1 is 1.07 bits per heavy atom. The molecule has 0 unspecified atom stereocenters. The molecule has 0 amide bonds. The zero-order valence-corrected chi connectivity index (χ0v) is 14.8. The number of nitro benzene ring substituents is 1. The van der Waals surface area contributed by atoms with E-state index in [2.05, 4.69) is 11.1 Å². The third kappa shape index (κ3) is 2.82. The van der Waals surface area contributed by atoms with Gasteiger partial charge in [0.2, 0.25) is 0 Å². The van der Waals surface area contributed by atoms with Crippen molar-refractivity contribution in [1.29, 1.82) is 0 Å². The van der Waals surface area contributed by atoms with Crippen LogP contribution in [0.1, 0.15) is 11.1 Å². The third-order valence-corrected chi connectivity index (χ3v) is 4.85. The first-order valence-electron chi connectivity index (χ1n) is 8.83. The zero-order valence-electron chi connectivity index (χ0n) is 14.8. The van der Waals surface area contributed by atoms with Crippen molar-refractivity contribution in [3.63, 3.8) is 0 Å². The normalized spacial score (nSPS) is 13.3. The zero-order chi connectivity index (χ0) is 19.1. The number of nitro groups is 1. The molecule has 7 nitrogen and oxygen atoms in total. The van der Waals surface area contributed by atoms with Gasteiger partial charge in [-0.25, -0.2) is 0 Å². The highest BCUT2D eigenvalue weighted by atomic mass is 16.7. The number of non-ortho nitro benzene ring substituents is 1. The molecular weight excluding hydrogens is 360 g/mol. The molecule has 1 aromatic heterocycles. The summed E-state index contributed by atoms with van der Waals surface area (Å²) in [4.78, 5) is 14.2. The summed E-state index contributed by atoms with van der Waals surface area (Å²) in [7, 11) is 0. The van der Waals surface area contributed by atoms with Crippen LogP contribution in [0.3, 0.4) is 0 Å². The summed E-state index contributed by atoms with van der Waals surface area (Å²) in [6.07, 6.45) is 0. The van der Waals surface area contributed by atoms with Crippen molar-refractivity contribution in [2.24, 2.45) is 0 Å². The molecule has 1 aliphatic rings. The lowest BCUT2D eigenvalue weighted by Gasteiger charge is -2.20. The number of fused-ring (bicyclic) bond motifs is 4. The fourth-order valence-electron chi connectivity index (χ4n) is 3.58. The number of aromatic nitrogens is 1. The van der Waals surface area contributed by atoms with Crippen LogP contribution in [0.4, 0.5) is 5.69 Å². The Labute approximate surface area is 159 Å². The second-order valence-corrected chi connectivity index (χ2v) is 6.63. The molecule has 0 spiro atoms. The molecule has 3 aromatic carbocycles. The summed E-state index contributed by atoms with van der Waals surface area (Å²) in [5.74, 6) is 1.27. The summed E-state index contributed by atoms with van der Waals surface area (Å²) in [5, 5.41) is 13.5. The maximum Gasteiger partial charge on any atom is 0.270 e. The molecule has 0 fully saturated rings. The Morgan fingerprint density at radius 2 is 1.93 bits per heavy atom. The van der Waals surface area contributed by atoms with Crippen molar-refractivity contribution >= 4 is 27.5 Å². The number of H-pyrrole nitrogens is 1. The lowest BCUT2D eigenvalue weighted by molar-refractivity contribution is -0.385. The van der Waals surface area contributed by atoms with Crippen LogP contribution in [-0.4, -0.2) is 16.7 Å². The second kappa shape index (κ2) is 6.54. The van der Waals surface area contributed by atoms with Crippen molar-refractivity contribution in [3.8, 4) is 11.5 Å². The molecule has 0 saturated carbocycles. The third-order valence-electron chi connectivity index (χ3n) is 4.85. The van der Waals surface area contributed by atoms with E-state index in [1.54, 1.807) is 0 Å². The quantitative estimate of drug-likeness (QED) is 0.413. The summed E-state index contributed by atoms with van der Waals surface area (Å²) in [5.41, 5.74) is 3.33. The Morgan fingerprint density at radius 3 is 2.82 bits per heavy atom. The summed E-state index contributed by atoms with van der Waals surface area (Å²) in [6.45, 7) is 0.569. The van der Waals surface area contributed by atoms with Crippen LogP contribution < -0.4 is 9.47 Å². The van der Waals surface area contributed by atoms with Gasteiger partial charge in [-0.05, 0) is 18.2 Å². The number of benzene rings is 3. The van der Waals surface area contributed by atoms with Crippen LogP contribution in [0.25, 0.3) is 21.8 Å². The molecule has 4 aromatic rings. The van der Waals surface area contributed by atoms with Crippen molar-refractivity contribution in [1.82, 2.24) is 4.98 Å². The van der Waals surface area contributed by atoms with E-state index in [0.29, 0.717) is 22.6 Å². The van der Waals surface area contributed by atoms with Gasteiger partial charge in [0.15, 0.2) is 6.79 Å². The molecule has 7 heteroatoms. The van der Waals surface area contributed by atoms with Crippen molar-refractivity contribution in [3.05, 3.63) is 75.8 Å². The molecular formula is C21H16N2O5. The molecule has 1 aliphatic heterocycles. The summed E-state index contributed by atoms with van der Waals surface area (Å²) >= 11 is 0. The standard InChI is InChI=1S/C21H16N2O5/c24-23(25)15-7-13-10-26-12-28-21(13)14(8-15)11-27-16-5-6-18-17-3-1-2-4-19(17)22-20(18)9-16/h1-9,22H,10-12H2. The fraction of sp³-hybridized carbons (Fsp3) is 0.143. The molecule has 140 valence electrons. The number of nitrogens with one attached hydrogen (secondary N) is 1. The average molecular weight is 376 g/mol. The number of hydrogen-bond acceptors (Lipinski definition) is 5. The molecule has 1 N–H and O–H groups in total. The van der Waals surface area contributed by atoms with Crippen molar-refractivity contribution in [2.75, 3.05) is 6.79 Å². The molecule has 28 heavy (non-hydrogen) atoms. The van der Waals surface area contributed by atoms with Crippen LogP contribution >= 0.6 is 0 Å². The molecule has 0 aliphatic carbocycles. The number of nitrogens with zero attached hydrogens (tertiary/aromatic N) is 1. The van der Waals surface area contributed by atoms with Gasteiger partial charge in [-0.2, -0.15) is 0 Å². The molecule has 0 bridgehead atoms. The topological polar surface area (TPSA) is 86.6 Å². The van der Waals surface area contributed by atoms with Gasteiger partial charge in [0.05, 0.1) is 17.0 Å². The van der Waals surface area contributed by atoms with Crippen LogP contribution in [0.5, 0.6) is 11.5 Å². The largest absolute Gasteiger partial charge is 0.489 e. The van der Waals surface area contributed by atoms with E-state index in [4.69, 9.17) is 14.2 Å². The molecule has 0 radical (unpaired) electrons. The number of ether oxygens (including phenoxy) is 3. The second-order valence-electron chi connectivity index (χ2n) is 6.63. The molecule has 0 saturated heterocycles. The highest BCUT2D eigenvalue weighted by Gasteiger charge is 2.21. The first-order chi connectivity index (χ1) is 13.7. The van der Waals surface area contributed by atoms with Crippen LogP contribution in [0.2, 0.25) is 0 Å². The predicted octanol–water partition coefficient (Wildman–Crippen LogP) is 4.67. The molecule has 0 atom stereocenters. The van der Waals surface area contributed by atoms with Gasteiger partial charge in [0.25, 0.3) is 5.69 Å². The summed E-state index contributed by atoms with van der Waals surface area (Å²) < 4.78 is 16.7. The first kappa shape index (κ1) is 16.6. The monoisotopic (exact) mass is 376 g/mol. The number of hydrogen-bond donors (Lipinski definition) is 1. The van der Waals surface area contributed by atoms with Crippen LogP contribution in [0, 0.1) is 10.1 Å². The van der Waals surface area contributed by atoms with E-state index in [1.165, 1.54) is 12.1 Å². The van der Waals surface area contributed by atoms with Crippen molar-refractivity contribution in [2.45, 2.75) is 13.2 Å². The van der Waals surface area contributed by atoms with Gasteiger partial charge in [-0.15, -0.1) is 0 Å².